The molecule has 1 aromatic rings. The van der Waals surface area contributed by atoms with E-state index >= 15 is 0 Å². The number of nitrogens with one attached hydrogen (secondary N) is 1. The first-order valence-corrected chi connectivity index (χ1v) is 11.4. The molecule has 3 aliphatic rings. The van der Waals surface area contributed by atoms with Gasteiger partial charge in [0.1, 0.15) is 0 Å². The highest BCUT2D eigenvalue weighted by atomic mass is 16.2. The lowest BCUT2D eigenvalue weighted by Crippen LogP contribution is -2.39. The van der Waals surface area contributed by atoms with Crippen molar-refractivity contribution in [3.8, 4) is 0 Å². The van der Waals surface area contributed by atoms with Gasteiger partial charge in [0.2, 0.25) is 0 Å². The first-order chi connectivity index (χ1) is 13.3. The van der Waals surface area contributed by atoms with Crippen molar-refractivity contribution in [3.63, 3.8) is 0 Å². The summed E-state index contributed by atoms with van der Waals surface area (Å²) in [5.41, 5.74) is 3.30. The van der Waals surface area contributed by atoms with Crippen molar-refractivity contribution in [2.75, 3.05) is 19.6 Å². The largest absolute Gasteiger partial charge is 0.337 e. The summed E-state index contributed by atoms with van der Waals surface area (Å²) >= 11 is 0. The molecule has 1 amide bonds. The number of hydrogen-bond donors (Lipinski definition) is 1. The molecule has 1 N–H and O–H groups in total. The van der Waals surface area contributed by atoms with Gasteiger partial charge in [-0.2, -0.15) is 5.10 Å². The number of amides is 1. The summed E-state index contributed by atoms with van der Waals surface area (Å²) in [7, 11) is 0. The molecule has 1 atom stereocenters. The minimum atomic E-state index is 0.172. The van der Waals surface area contributed by atoms with Crippen molar-refractivity contribution in [1.82, 2.24) is 20.0 Å². The second kappa shape index (κ2) is 8.76. The van der Waals surface area contributed by atoms with E-state index in [1.807, 2.05) is 4.90 Å². The molecule has 5 nitrogen and oxygen atoms in total. The van der Waals surface area contributed by atoms with Crippen LogP contribution in [-0.2, 0) is 19.4 Å². The van der Waals surface area contributed by atoms with E-state index in [-0.39, 0.29) is 5.91 Å². The van der Waals surface area contributed by atoms with E-state index in [9.17, 15) is 4.79 Å². The molecule has 1 aliphatic heterocycles. The Hall–Kier alpha value is -1.36. The van der Waals surface area contributed by atoms with Gasteiger partial charge in [0.15, 0.2) is 5.69 Å². The van der Waals surface area contributed by atoms with Gasteiger partial charge in [-0.3, -0.25) is 9.48 Å². The minimum Gasteiger partial charge on any atom is -0.337 e. The number of aryl methyl sites for hydroxylation is 1. The Kier molecular flexibility index (Phi) is 6.16. The first kappa shape index (κ1) is 19.0. The van der Waals surface area contributed by atoms with Crippen LogP contribution in [0.5, 0.6) is 0 Å². The number of nitrogens with zero attached hydrogens (tertiary/aromatic N) is 3. The standard InChI is InChI=1S/C22H36N4O/c1-2-26-20-12-11-18(23-16-17-9-5-3-6-10-17)15-19(20)21(24-26)22(27)25-13-7-4-8-14-25/h17-18,23H,2-16H2,1H3/t18-/m1/s1. The van der Waals surface area contributed by atoms with Crippen molar-refractivity contribution in [2.45, 2.75) is 90.1 Å². The van der Waals surface area contributed by atoms with E-state index < -0.39 is 0 Å². The summed E-state index contributed by atoms with van der Waals surface area (Å²) < 4.78 is 2.09. The van der Waals surface area contributed by atoms with Crippen LogP contribution in [0.2, 0.25) is 0 Å². The number of carbonyl (C=O) groups is 1. The zero-order valence-corrected chi connectivity index (χ0v) is 17.0. The smallest absolute Gasteiger partial charge is 0.274 e. The zero-order valence-electron chi connectivity index (χ0n) is 17.0. The minimum absolute atomic E-state index is 0.172. The van der Waals surface area contributed by atoms with Crippen molar-refractivity contribution in [2.24, 2.45) is 5.92 Å². The van der Waals surface area contributed by atoms with E-state index in [0.717, 1.165) is 63.5 Å². The molecule has 5 heteroatoms. The van der Waals surface area contributed by atoms with Crippen LogP contribution in [0.3, 0.4) is 0 Å². The van der Waals surface area contributed by atoms with Crippen LogP contribution < -0.4 is 5.32 Å². The third kappa shape index (κ3) is 4.23. The molecule has 2 heterocycles. The number of rotatable bonds is 5. The van der Waals surface area contributed by atoms with E-state index in [0.29, 0.717) is 6.04 Å². The lowest BCUT2D eigenvalue weighted by molar-refractivity contribution is 0.0716. The van der Waals surface area contributed by atoms with Crippen LogP contribution in [0.15, 0.2) is 0 Å². The highest BCUT2D eigenvalue weighted by molar-refractivity contribution is 5.94. The second-order valence-corrected chi connectivity index (χ2v) is 8.79. The predicted molar refractivity (Wildman–Crippen MR) is 108 cm³/mol. The van der Waals surface area contributed by atoms with Crippen LogP contribution in [0, 0.1) is 5.92 Å². The fraction of sp³-hybridized carbons (Fsp3) is 0.818. The summed E-state index contributed by atoms with van der Waals surface area (Å²) in [4.78, 5) is 15.2. The van der Waals surface area contributed by atoms with Gasteiger partial charge in [-0.05, 0) is 70.8 Å². The maximum atomic E-state index is 13.1. The lowest BCUT2D eigenvalue weighted by Gasteiger charge is -2.29. The lowest BCUT2D eigenvalue weighted by atomic mass is 9.87. The van der Waals surface area contributed by atoms with Crippen molar-refractivity contribution >= 4 is 5.91 Å². The molecule has 4 rings (SSSR count). The highest BCUT2D eigenvalue weighted by Gasteiger charge is 2.31. The van der Waals surface area contributed by atoms with Gasteiger partial charge in [0, 0.05) is 36.9 Å². The van der Waals surface area contributed by atoms with Crippen molar-refractivity contribution < 1.29 is 4.79 Å². The van der Waals surface area contributed by atoms with Crippen LogP contribution in [0.4, 0.5) is 0 Å². The molecular formula is C22H36N4O. The molecule has 1 saturated carbocycles. The molecule has 0 spiro atoms. The number of fused-ring (bicyclic) bond motifs is 1. The second-order valence-electron chi connectivity index (χ2n) is 8.79. The Labute approximate surface area is 163 Å². The molecule has 0 bridgehead atoms. The molecule has 27 heavy (non-hydrogen) atoms. The summed E-state index contributed by atoms with van der Waals surface area (Å²) in [6.07, 6.45) is 13.7. The maximum Gasteiger partial charge on any atom is 0.274 e. The summed E-state index contributed by atoms with van der Waals surface area (Å²) in [5, 5.41) is 8.61. The van der Waals surface area contributed by atoms with Crippen LogP contribution >= 0.6 is 0 Å². The zero-order chi connectivity index (χ0) is 18.6. The average molecular weight is 373 g/mol. The first-order valence-electron chi connectivity index (χ1n) is 11.4. The van der Waals surface area contributed by atoms with Crippen molar-refractivity contribution in [3.05, 3.63) is 17.0 Å². The molecule has 1 aromatic heterocycles. The molecule has 1 saturated heterocycles. The number of piperidine rings is 1. The Morgan fingerprint density at radius 2 is 1.81 bits per heavy atom. The van der Waals surface area contributed by atoms with Gasteiger partial charge in [-0.1, -0.05) is 19.3 Å². The molecule has 0 radical (unpaired) electrons. The van der Waals surface area contributed by atoms with Crippen molar-refractivity contribution in [1.29, 1.82) is 0 Å². The molecule has 0 unspecified atom stereocenters. The summed E-state index contributed by atoms with van der Waals surface area (Å²) in [6.45, 7) is 5.94. The molecule has 2 fully saturated rings. The number of aromatic nitrogens is 2. The highest BCUT2D eigenvalue weighted by Crippen LogP contribution is 2.28. The Balaban J connectivity index is 1.45. The van der Waals surface area contributed by atoms with Gasteiger partial charge in [0.25, 0.3) is 5.91 Å². The van der Waals surface area contributed by atoms with E-state index in [2.05, 4.69) is 16.9 Å². The quantitative estimate of drug-likeness (QED) is 0.860. The average Bonchev–Trinajstić information content (AvgIpc) is 3.11. The third-order valence-electron chi connectivity index (χ3n) is 6.91. The number of hydrogen-bond acceptors (Lipinski definition) is 3. The van der Waals surface area contributed by atoms with Gasteiger partial charge >= 0.3 is 0 Å². The molecule has 150 valence electrons. The van der Waals surface area contributed by atoms with E-state index in [4.69, 9.17) is 5.10 Å². The number of carbonyl (C=O) groups excluding carboxylic acids is 1. The Morgan fingerprint density at radius 3 is 2.56 bits per heavy atom. The number of likely N-dealkylation sites (tertiary alicyclic amines) is 1. The van der Waals surface area contributed by atoms with Gasteiger partial charge in [-0.15, -0.1) is 0 Å². The molecular weight excluding hydrogens is 336 g/mol. The Morgan fingerprint density at radius 1 is 1.07 bits per heavy atom. The summed E-state index contributed by atoms with van der Waals surface area (Å²) in [6, 6.07) is 0.502. The van der Waals surface area contributed by atoms with Gasteiger partial charge in [-0.25, -0.2) is 0 Å². The van der Waals surface area contributed by atoms with Crippen LogP contribution in [-0.4, -0.2) is 46.3 Å². The van der Waals surface area contributed by atoms with Crippen LogP contribution in [0.1, 0.15) is 86.5 Å². The third-order valence-corrected chi connectivity index (χ3v) is 6.91. The topological polar surface area (TPSA) is 50.2 Å². The fourth-order valence-corrected chi connectivity index (χ4v) is 5.27. The van der Waals surface area contributed by atoms with Gasteiger partial charge in [0.05, 0.1) is 0 Å². The van der Waals surface area contributed by atoms with E-state index in [1.165, 1.54) is 56.2 Å². The SMILES string of the molecule is CCn1nc(C(=O)N2CCCCC2)c2c1CC[C@@H](NCC1CCCCC1)C2. The Bertz CT molecular complexity index is 641. The summed E-state index contributed by atoms with van der Waals surface area (Å²) in [5.74, 6) is 1.03. The fourth-order valence-electron chi connectivity index (χ4n) is 5.27. The normalized spacial score (nSPS) is 24.0. The predicted octanol–water partition coefficient (Wildman–Crippen LogP) is 3.56. The van der Waals surface area contributed by atoms with Gasteiger partial charge < -0.3 is 10.2 Å². The monoisotopic (exact) mass is 372 g/mol. The van der Waals surface area contributed by atoms with E-state index in [1.54, 1.807) is 0 Å². The maximum absolute atomic E-state index is 13.1. The van der Waals surface area contributed by atoms with Crippen LogP contribution in [0.25, 0.3) is 0 Å². The molecule has 2 aliphatic carbocycles. The molecule has 0 aromatic carbocycles.